The van der Waals surface area contributed by atoms with Gasteiger partial charge in [0, 0.05) is 46.6 Å². The molecule has 0 aliphatic carbocycles. The molecule has 2 aromatic heterocycles. The van der Waals surface area contributed by atoms with E-state index in [4.69, 9.17) is 0 Å². The average molecular weight is 348 g/mol. The Hall–Kier alpha value is -3.08. The summed E-state index contributed by atoms with van der Waals surface area (Å²) in [6, 6.07) is 13.7. The third kappa shape index (κ3) is 3.33. The number of hydrogen-bond donors (Lipinski definition) is 1. The summed E-state index contributed by atoms with van der Waals surface area (Å²) in [5.74, 6) is -0.223. The van der Waals surface area contributed by atoms with Gasteiger partial charge in [0.2, 0.25) is 0 Å². The van der Waals surface area contributed by atoms with Crippen LogP contribution in [0.5, 0.6) is 0 Å². The molecule has 0 aliphatic rings. The first kappa shape index (κ1) is 17.7. The van der Waals surface area contributed by atoms with Gasteiger partial charge in [-0.2, -0.15) is 5.10 Å². The van der Waals surface area contributed by atoms with Gasteiger partial charge in [-0.3, -0.25) is 4.79 Å². The molecule has 5 heteroatoms. The lowest BCUT2D eigenvalue weighted by Gasteiger charge is -2.10. The summed E-state index contributed by atoms with van der Waals surface area (Å²) in [6.07, 6.45) is 1.68. The van der Waals surface area contributed by atoms with Crippen molar-refractivity contribution in [3.05, 3.63) is 76.4 Å². The van der Waals surface area contributed by atoms with E-state index in [1.165, 1.54) is 0 Å². The maximum Gasteiger partial charge on any atom is 0.271 e. The lowest BCUT2D eigenvalue weighted by atomic mass is 10.2. The fraction of sp³-hybridized carbons (Fsp3) is 0.238. The molecule has 0 saturated carbocycles. The van der Waals surface area contributed by atoms with E-state index in [1.807, 2.05) is 51.2 Å². The molecule has 1 aromatic carbocycles. The van der Waals surface area contributed by atoms with Crippen LogP contribution < -0.4 is 5.43 Å². The number of benzene rings is 1. The lowest BCUT2D eigenvalue weighted by molar-refractivity contribution is 0.0955. The third-order valence-electron chi connectivity index (χ3n) is 4.84. The summed E-state index contributed by atoms with van der Waals surface area (Å²) in [5.41, 5.74) is 9.81. The molecule has 3 rings (SSSR count). The van der Waals surface area contributed by atoms with Crippen molar-refractivity contribution >= 4 is 12.1 Å². The average Bonchev–Trinajstić information content (AvgIpc) is 3.09. The first-order valence-corrected chi connectivity index (χ1v) is 8.60. The molecule has 5 nitrogen and oxygen atoms in total. The highest BCUT2D eigenvalue weighted by molar-refractivity contribution is 5.95. The zero-order chi connectivity index (χ0) is 18.8. The Labute approximate surface area is 154 Å². The highest BCUT2D eigenvalue weighted by Gasteiger charge is 2.08. The molecule has 0 atom stereocenters. The Bertz CT molecular complexity index is 955. The first-order valence-electron chi connectivity index (χ1n) is 8.60. The van der Waals surface area contributed by atoms with Gasteiger partial charge in [-0.15, -0.1) is 0 Å². The van der Waals surface area contributed by atoms with Gasteiger partial charge < -0.3 is 9.13 Å². The maximum atomic E-state index is 12.3. The number of aryl methyl sites for hydroxylation is 3. The van der Waals surface area contributed by atoms with Crippen molar-refractivity contribution in [1.82, 2.24) is 14.6 Å². The van der Waals surface area contributed by atoms with E-state index < -0.39 is 0 Å². The van der Waals surface area contributed by atoms with Gasteiger partial charge in [0.05, 0.1) is 6.21 Å². The van der Waals surface area contributed by atoms with Gasteiger partial charge >= 0.3 is 0 Å². The van der Waals surface area contributed by atoms with Crippen LogP contribution in [0.4, 0.5) is 0 Å². The summed E-state index contributed by atoms with van der Waals surface area (Å²) < 4.78 is 4.24. The largest absolute Gasteiger partial charge is 0.352 e. The summed E-state index contributed by atoms with van der Waals surface area (Å²) in [4.78, 5) is 12.3. The van der Waals surface area contributed by atoms with Crippen LogP contribution in [0.1, 0.15) is 38.7 Å². The molecule has 0 saturated heterocycles. The molecule has 0 fully saturated rings. The van der Waals surface area contributed by atoms with E-state index >= 15 is 0 Å². The summed E-state index contributed by atoms with van der Waals surface area (Å²) in [5, 5.41) is 4.09. The van der Waals surface area contributed by atoms with E-state index in [-0.39, 0.29) is 5.91 Å². The zero-order valence-electron chi connectivity index (χ0n) is 15.9. The lowest BCUT2D eigenvalue weighted by Crippen LogP contribution is -2.17. The van der Waals surface area contributed by atoms with Crippen molar-refractivity contribution in [2.45, 2.75) is 27.7 Å². The van der Waals surface area contributed by atoms with Gasteiger partial charge in [-0.25, -0.2) is 5.43 Å². The normalized spacial score (nSPS) is 11.3. The Morgan fingerprint density at radius 3 is 2.12 bits per heavy atom. The van der Waals surface area contributed by atoms with Crippen LogP contribution in [0.2, 0.25) is 0 Å². The molecule has 0 radical (unpaired) electrons. The van der Waals surface area contributed by atoms with Crippen LogP contribution in [0.25, 0.3) is 5.69 Å². The summed E-state index contributed by atoms with van der Waals surface area (Å²) >= 11 is 0. The predicted octanol–water partition coefficient (Wildman–Crippen LogP) is 3.81. The quantitative estimate of drug-likeness (QED) is 0.566. The number of aromatic nitrogens is 2. The van der Waals surface area contributed by atoms with Crippen LogP contribution >= 0.6 is 0 Å². The molecule has 0 bridgehead atoms. The number of amides is 1. The monoisotopic (exact) mass is 348 g/mol. The maximum absolute atomic E-state index is 12.3. The number of carbonyl (C=O) groups excluding carboxylic acids is 1. The number of nitrogens with zero attached hydrogens (tertiary/aromatic N) is 3. The van der Waals surface area contributed by atoms with Crippen LogP contribution in [0.15, 0.2) is 47.6 Å². The van der Waals surface area contributed by atoms with Crippen LogP contribution in [-0.2, 0) is 7.05 Å². The Kier molecular flexibility index (Phi) is 4.80. The minimum Gasteiger partial charge on any atom is -0.352 e. The Balaban J connectivity index is 1.70. The van der Waals surface area contributed by atoms with Gasteiger partial charge in [-0.1, -0.05) is 0 Å². The second-order valence-corrected chi connectivity index (χ2v) is 6.58. The SMILES string of the molecule is Cc1cc(/C=N\NC(=O)c2ccc(-n3c(C)ccc3C)cc2)c(C)n1C. The molecule has 0 spiro atoms. The van der Waals surface area contributed by atoms with E-state index in [0.29, 0.717) is 5.56 Å². The van der Waals surface area contributed by atoms with Crippen molar-refractivity contribution < 1.29 is 4.79 Å². The summed E-state index contributed by atoms with van der Waals surface area (Å²) in [7, 11) is 2.01. The van der Waals surface area contributed by atoms with Gasteiger partial charge in [0.1, 0.15) is 0 Å². The third-order valence-corrected chi connectivity index (χ3v) is 4.84. The van der Waals surface area contributed by atoms with Crippen molar-refractivity contribution in [2.24, 2.45) is 12.1 Å². The van der Waals surface area contributed by atoms with Gasteiger partial charge in [-0.05, 0) is 70.2 Å². The molecule has 1 amide bonds. The minimum atomic E-state index is -0.223. The number of rotatable bonds is 4. The topological polar surface area (TPSA) is 51.3 Å². The molecule has 26 heavy (non-hydrogen) atoms. The number of hydrogen-bond acceptors (Lipinski definition) is 2. The Morgan fingerprint density at radius 1 is 0.962 bits per heavy atom. The molecule has 0 aliphatic heterocycles. The molecular formula is C21H24N4O. The Morgan fingerprint density at radius 2 is 1.58 bits per heavy atom. The van der Waals surface area contributed by atoms with Crippen molar-refractivity contribution in [2.75, 3.05) is 0 Å². The standard InChI is InChI=1S/C21H24N4O/c1-14-6-7-15(2)25(14)20-10-8-18(9-11-20)21(26)23-22-13-19-12-16(3)24(5)17(19)4/h6-13H,1-5H3,(H,23,26)/b22-13-. The fourth-order valence-corrected chi connectivity index (χ4v) is 3.08. The van der Waals surface area contributed by atoms with E-state index in [2.05, 4.69) is 45.6 Å². The molecule has 1 N–H and O–H groups in total. The van der Waals surface area contributed by atoms with E-state index in [9.17, 15) is 4.79 Å². The second-order valence-electron chi connectivity index (χ2n) is 6.58. The van der Waals surface area contributed by atoms with Crippen molar-refractivity contribution in [1.29, 1.82) is 0 Å². The van der Waals surface area contributed by atoms with Gasteiger partial charge in [0.15, 0.2) is 0 Å². The minimum absolute atomic E-state index is 0.223. The molecule has 3 aromatic rings. The number of nitrogens with one attached hydrogen (secondary N) is 1. The van der Waals surface area contributed by atoms with Crippen LogP contribution in [-0.4, -0.2) is 21.3 Å². The number of hydrazone groups is 1. The smallest absolute Gasteiger partial charge is 0.271 e. The first-order chi connectivity index (χ1) is 12.4. The van der Waals surface area contributed by atoms with E-state index in [0.717, 1.165) is 34.0 Å². The van der Waals surface area contributed by atoms with E-state index in [1.54, 1.807) is 6.21 Å². The molecular weight excluding hydrogens is 324 g/mol. The van der Waals surface area contributed by atoms with Gasteiger partial charge in [0.25, 0.3) is 5.91 Å². The number of carbonyl (C=O) groups is 1. The molecule has 134 valence electrons. The highest BCUT2D eigenvalue weighted by Crippen LogP contribution is 2.17. The van der Waals surface area contributed by atoms with Crippen LogP contribution in [0, 0.1) is 27.7 Å². The predicted molar refractivity (Wildman–Crippen MR) is 105 cm³/mol. The van der Waals surface area contributed by atoms with Crippen molar-refractivity contribution in [3.63, 3.8) is 0 Å². The van der Waals surface area contributed by atoms with Crippen molar-refractivity contribution in [3.8, 4) is 5.69 Å². The van der Waals surface area contributed by atoms with Crippen LogP contribution in [0.3, 0.4) is 0 Å². The molecule has 0 unspecified atom stereocenters. The molecule has 2 heterocycles. The fourth-order valence-electron chi connectivity index (χ4n) is 3.08. The summed E-state index contributed by atoms with van der Waals surface area (Å²) in [6.45, 7) is 8.20. The highest BCUT2D eigenvalue weighted by atomic mass is 16.2. The zero-order valence-corrected chi connectivity index (χ0v) is 15.9. The second kappa shape index (κ2) is 7.04.